The molecule has 3 saturated heterocycles. The molecule has 0 saturated carbocycles. The van der Waals surface area contributed by atoms with Gasteiger partial charge in [0.15, 0.2) is 6.29 Å². The number of aliphatic hydroxyl groups is 1. The van der Waals surface area contributed by atoms with Crippen LogP contribution in [0.2, 0.25) is 0 Å². The first kappa shape index (κ1) is 48.9. The van der Waals surface area contributed by atoms with Crippen molar-refractivity contribution in [3.05, 3.63) is 35.5 Å². The molecule has 0 amide bonds. The van der Waals surface area contributed by atoms with Gasteiger partial charge in [0.2, 0.25) is 0 Å². The van der Waals surface area contributed by atoms with E-state index in [0.29, 0.717) is 49.0 Å². The fourth-order valence-electron chi connectivity index (χ4n) is 11.9. The number of fused-ring (bicyclic) bond motifs is 1. The third-order valence-corrected chi connectivity index (χ3v) is 15.3. The van der Waals surface area contributed by atoms with Crippen molar-refractivity contribution in [3.63, 3.8) is 0 Å². The van der Waals surface area contributed by atoms with Crippen LogP contribution < -0.4 is 0 Å². The summed E-state index contributed by atoms with van der Waals surface area (Å²) < 4.78 is 38.9. The van der Waals surface area contributed by atoms with Crippen LogP contribution in [0.1, 0.15) is 140 Å². The van der Waals surface area contributed by atoms with E-state index in [1.54, 1.807) is 0 Å². The van der Waals surface area contributed by atoms with Gasteiger partial charge in [0.05, 0.1) is 61.5 Å². The topological polar surface area (TPSA) is 94.1 Å². The summed E-state index contributed by atoms with van der Waals surface area (Å²) in [5, 5.41) is 12.0. The summed E-state index contributed by atoms with van der Waals surface area (Å²) in [6.45, 7) is 25.3. The van der Waals surface area contributed by atoms with Crippen molar-refractivity contribution in [3.8, 4) is 0 Å². The molecule has 0 aromatic carbocycles. The molecule has 19 unspecified atom stereocenters. The van der Waals surface area contributed by atoms with E-state index >= 15 is 0 Å². The second-order valence-corrected chi connectivity index (χ2v) is 19.8. The van der Waals surface area contributed by atoms with Gasteiger partial charge >= 0.3 is 0 Å². The molecule has 5 aliphatic rings. The number of allylic oxidation sites excluding steroid dienone is 1. The standard InChI is InChI=1S/C50H86O9/c1-14-18-40-33(9)23-41(47-36(16-3)28-54-49(40)47)50(51)57-37-20-17-19-32(8)48(30(6)15-2)59-58-38(25-37)22-21-31(7)45(29(4)5)44-27-42(53-13)46(35(11)56-44)43-26-39(52-12)24-34(10)55-43/h16-17,19,23,29-32,34-35,37-51H,14-15,18,20-22,24-28H2,1-13H3. The molecule has 0 aromatic rings. The van der Waals surface area contributed by atoms with E-state index in [2.05, 4.69) is 100 Å². The lowest BCUT2D eigenvalue weighted by atomic mass is 9.69. The van der Waals surface area contributed by atoms with Gasteiger partial charge < -0.3 is 33.5 Å². The monoisotopic (exact) mass is 831 g/mol. The van der Waals surface area contributed by atoms with Crippen molar-refractivity contribution in [2.24, 2.45) is 53.3 Å². The van der Waals surface area contributed by atoms with E-state index in [4.69, 9.17) is 38.2 Å². The maximum atomic E-state index is 12.0. The van der Waals surface area contributed by atoms with Crippen LogP contribution in [-0.2, 0) is 38.2 Å². The Hall–Kier alpha value is -1.14. The summed E-state index contributed by atoms with van der Waals surface area (Å²) >= 11 is 0. The number of aliphatic hydroxyl groups excluding tert-OH is 1. The Bertz CT molecular complexity index is 1350. The summed E-state index contributed by atoms with van der Waals surface area (Å²) in [7, 11) is 3.66. The van der Waals surface area contributed by atoms with Gasteiger partial charge in [-0.2, -0.15) is 0 Å². The highest BCUT2D eigenvalue weighted by Gasteiger charge is 2.49. The highest BCUT2D eigenvalue weighted by atomic mass is 17.2. The minimum atomic E-state index is -0.959. The molecule has 0 radical (unpaired) electrons. The maximum absolute atomic E-state index is 12.0. The SMILES string of the molecule is CC=C1COC2C(CCC)C(C)=CC(C(O)OC3CC=CC(C)C(C(C)CC)OOC(CCC(C)C(C(C)C)C4CC(OC)C(C5CC(OC)CC(C)O5)C(C)O4)C3)C12. The van der Waals surface area contributed by atoms with Gasteiger partial charge in [0, 0.05) is 63.1 Å². The summed E-state index contributed by atoms with van der Waals surface area (Å²) in [6.07, 6.45) is 17.1. The summed E-state index contributed by atoms with van der Waals surface area (Å²) in [6, 6.07) is 0. The van der Waals surface area contributed by atoms with E-state index in [0.717, 1.165) is 51.4 Å². The number of ether oxygens (including phenoxy) is 6. The molecule has 9 heteroatoms. The second kappa shape index (κ2) is 23.0. The van der Waals surface area contributed by atoms with Gasteiger partial charge in [-0.1, -0.05) is 91.2 Å². The van der Waals surface area contributed by atoms with Gasteiger partial charge in [-0.15, -0.1) is 0 Å². The molecule has 0 spiro atoms. The first-order valence-corrected chi connectivity index (χ1v) is 23.9. The molecule has 9 nitrogen and oxygen atoms in total. The smallest absolute Gasteiger partial charge is 0.161 e. The van der Waals surface area contributed by atoms with Crippen LogP contribution in [0.5, 0.6) is 0 Å². The molecule has 1 N–H and O–H groups in total. The lowest BCUT2D eigenvalue weighted by molar-refractivity contribution is -0.369. The maximum Gasteiger partial charge on any atom is 0.161 e. The average molecular weight is 831 g/mol. The minimum absolute atomic E-state index is 0.00199. The van der Waals surface area contributed by atoms with Crippen molar-refractivity contribution >= 4 is 0 Å². The zero-order chi connectivity index (χ0) is 43.0. The largest absolute Gasteiger partial charge is 0.381 e. The third-order valence-electron chi connectivity index (χ3n) is 15.3. The summed E-state index contributed by atoms with van der Waals surface area (Å²) in [5.41, 5.74) is 2.57. The van der Waals surface area contributed by atoms with Crippen molar-refractivity contribution in [2.45, 2.75) is 208 Å². The molecule has 19 atom stereocenters. The second-order valence-electron chi connectivity index (χ2n) is 19.8. The van der Waals surface area contributed by atoms with E-state index in [1.165, 1.54) is 11.1 Å². The molecular weight excluding hydrogens is 745 g/mol. The van der Waals surface area contributed by atoms with Crippen LogP contribution in [0.3, 0.4) is 0 Å². The minimum Gasteiger partial charge on any atom is -0.381 e. The highest BCUT2D eigenvalue weighted by Crippen LogP contribution is 2.47. The highest BCUT2D eigenvalue weighted by molar-refractivity contribution is 5.26. The Balaban J connectivity index is 1.31. The lowest BCUT2D eigenvalue weighted by Crippen LogP contribution is -2.55. The predicted octanol–water partition coefficient (Wildman–Crippen LogP) is 10.4. The third kappa shape index (κ3) is 12.1. The number of hydrogen-bond donors (Lipinski definition) is 1. The van der Waals surface area contributed by atoms with Crippen LogP contribution in [0.15, 0.2) is 35.5 Å². The van der Waals surface area contributed by atoms with Crippen molar-refractivity contribution in [1.82, 2.24) is 0 Å². The fraction of sp³-hybridized carbons (Fsp3) is 0.880. The van der Waals surface area contributed by atoms with Crippen LogP contribution in [0.4, 0.5) is 0 Å². The van der Waals surface area contributed by atoms with Crippen molar-refractivity contribution in [2.75, 3.05) is 20.8 Å². The van der Waals surface area contributed by atoms with E-state index < -0.39 is 6.29 Å². The first-order chi connectivity index (χ1) is 28.2. The molecule has 5 rings (SSSR count). The molecule has 0 bridgehead atoms. The molecule has 0 aromatic heterocycles. The zero-order valence-electron chi connectivity index (χ0n) is 39.3. The molecule has 1 aliphatic carbocycles. The van der Waals surface area contributed by atoms with Crippen LogP contribution in [-0.4, -0.2) is 93.3 Å². The Kier molecular flexibility index (Phi) is 19.0. The van der Waals surface area contributed by atoms with Crippen LogP contribution >= 0.6 is 0 Å². The quantitative estimate of drug-likeness (QED) is 0.0927. The lowest BCUT2D eigenvalue weighted by Gasteiger charge is -2.49. The van der Waals surface area contributed by atoms with Gasteiger partial charge in [-0.25, -0.2) is 9.78 Å². The molecule has 3 fully saturated rings. The molecule has 4 heterocycles. The predicted molar refractivity (Wildman–Crippen MR) is 235 cm³/mol. The Labute approximate surface area is 359 Å². The van der Waals surface area contributed by atoms with Gasteiger partial charge in [-0.05, 0) is 89.0 Å². The average Bonchev–Trinajstić information content (AvgIpc) is 3.63. The Morgan fingerprint density at radius 1 is 0.932 bits per heavy atom. The molecule has 59 heavy (non-hydrogen) atoms. The summed E-state index contributed by atoms with van der Waals surface area (Å²) in [4.78, 5) is 13.0. The zero-order valence-corrected chi connectivity index (χ0v) is 39.3. The van der Waals surface area contributed by atoms with E-state index in [1.807, 2.05) is 14.2 Å². The number of methoxy groups -OCH3 is 2. The number of hydrogen-bond acceptors (Lipinski definition) is 9. The molecule has 4 aliphatic heterocycles. The van der Waals surface area contributed by atoms with Gasteiger partial charge in [0.1, 0.15) is 6.10 Å². The Morgan fingerprint density at radius 2 is 1.69 bits per heavy atom. The van der Waals surface area contributed by atoms with Crippen LogP contribution in [0.25, 0.3) is 0 Å². The van der Waals surface area contributed by atoms with Crippen molar-refractivity contribution < 1.29 is 43.3 Å². The normalized spacial score (nSPS) is 41.3. The fourth-order valence-corrected chi connectivity index (χ4v) is 11.9. The van der Waals surface area contributed by atoms with Crippen LogP contribution in [0, 0.1) is 53.3 Å². The first-order valence-electron chi connectivity index (χ1n) is 23.9. The van der Waals surface area contributed by atoms with E-state index in [-0.39, 0.29) is 84.7 Å². The molecule has 340 valence electrons. The Morgan fingerprint density at radius 3 is 2.36 bits per heavy atom. The van der Waals surface area contributed by atoms with E-state index in [9.17, 15) is 5.11 Å². The van der Waals surface area contributed by atoms with Gasteiger partial charge in [0.25, 0.3) is 0 Å². The summed E-state index contributed by atoms with van der Waals surface area (Å²) in [5.74, 6) is 2.11. The number of rotatable bonds is 16. The van der Waals surface area contributed by atoms with Gasteiger partial charge in [-0.3, -0.25) is 0 Å². The molecular formula is C50H86O9. The van der Waals surface area contributed by atoms with Crippen molar-refractivity contribution in [1.29, 1.82) is 0 Å².